The Morgan fingerprint density at radius 1 is 0.944 bits per heavy atom. The van der Waals surface area contributed by atoms with Crippen LogP contribution in [0.15, 0.2) is 82.7 Å². The summed E-state index contributed by atoms with van der Waals surface area (Å²) in [5.41, 5.74) is 5.63. The number of benzene rings is 3. The molecule has 0 spiro atoms. The Labute approximate surface area is 216 Å². The molecule has 3 aromatic carbocycles. The van der Waals surface area contributed by atoms with Gasteiger partial charge in [-0.2, -0.15) is 0 Å². The molecule has 1 aliphatic carbocycles. The number of para-hydroxylation sites is 1. The summed E-state index contributed by atoms with van der Waals surface area (Å²) in [7, 11) is 1.69. The van der Waals surface area contributed by atoms with Crippen molar-refractivity contribution in [3.63, 3.8) is 0 Å². The summed E-state index contributed by atoms with van der Waals surface area (Å²) in [4.78, 5) is 23.4. The van der Waals surface area contributed by atoms with Crippen molar-refractivity contribution in [2.45, 2.75) is 44.8 Å². The van der Waals surface area contributed by atoms with E-state index in [1.807, 2.05) is 41.3 Å². The molecule has 36 heavy (non-hydrogen) atoms. The first-order chi connectivity index (χ1) is 17.7. The fourth-order valence-corrected chi connectivity index (χ4v) is 6.38. The van der Waals surface area contributed by atoms with Crippen LogP contribution in [0.1, 0.15) is 42.4 Å². The van der Waals surface area contributed by atoms with Crippen LogP contribution in [0.2, 0.25) is 0 Å². The molecular weight excluding hydrogens is 466 g/mol. The first-order valence-electron chi connectivity index (χ1n) is 12.6. The Kier molecular flexibility index (Phi) is 6.28. The predicted octanol–water partition coefficient (Wildman–Crippen LogP) is 6.76. The van der Waals surface area contributed by atoms with Crippen molar-refractivity contribution in [3.05, 3.63) is 94.4 Å². The van der Waals surface area contributed by atoms with Crippen LogP contribution < -0.4 is 9.64 Å². The van der Waals surface area contributed by atoms with Gasteiger partial charge in [-0.05, 0) is 66.1 Å². The molecule has 1 saturated heterocycles. The van der Waals surface area contributed by atoms with Gasteiger partial charge in [-0.3, -0.25) is 9.69 Å². The number of hydrogen-bond donors (Lipinski definition) is 0. The molecule has 5 nitrogen and oxygen atoms in total. The second-order valence-electron chi connectivity index (χ2n) is 9.51. The van der Waals surface area contributed by atoms with Crippen molar-refractivity contribution < 1.29 is 9.53 Å². The summed E-state index contributed by atoms with van der Waals surface area (Å²) in [6.07, 6.45) is 6.34. The highest BCUT2D eigenvalue weighted by Gasteiger charge is 2.39. The van der Waals surface area contributed by atoms with Crippen LogP contribution in [-0.2, 0) is 17.9 Å². The molecule has 3 aliphatic rings. The Morgan fingerprint density at radius 2 is 1.64 bits per heavy atom. The second kappa shape index (κ2) is 9.86. The van der Waals surface area contributed by atoms with Crippen molar-refractivity contribution in [3.8, 4) is 5.75 Å². The van der Waals surface area contributed by atoms with Crippen molar-refractivity contribution in [1.29, 1.82) is 0 Å². The molecule has 2 aliphatic heterocycles. The number of rotatable bonds is 5. The highest BCUT2D eigenvalue weighted by atomic mass is 32.2. The lowest BCUT2D eigenvalue weighted by molar-refractivity contribution is -0.123. The third-order valence-corrected chi connectivity index (χ3v) is 8.20. The second-order valence-corrected chi connectivity index (χ2v) is 10.5. The van der Waals surface area contributed by atoms with E-state index in [1.54, 1.807) is 7.11 Å². The zero-order valence-electron chi connectivity index (χ0n) is 20.4. The van der Waals surface area contributed by atoms with E-state index in [0.29, 0.717) is 4.91 Å². The zero-order valence-corrected chi connectivity index (χ0v) is 21.2. The van der Waals surface area contributed by atoms with Crippen LogP contribution in [0.5, 0.6) is 5.75 Å². The average Bonchev–Trinajstić information content (AvgIpc) is 3.65. The van der Waals surface area contributed by atoms with Gasteiger partial charge in [0, 0.05) is 36.4 Å². The molecule has 182 valence electrons. The minimum Gasteiger partial charge on any atom is -0.496 e. The molecule has 6 rings (SSSR count). The molecule has 2 fully saturated rings. The number of hydrogen-bond acceptors (Lipinski definition) is 5. The third-order valence-electron chi connectivity index (χ3n) is 7.22. The molecule has 0 aromatic heterocycles. The highest BCUT2D eigenvalue weighted by Crippen LogP contribution is 2.40. The van der Waals surface area contributed by atoms with Gasteiger partial charge in [0.1, 0.15) is 5.75 Å². The van der Waals surface area contributed by atoms with Crippen molar-refractivity contribution in [2.75, 3.05) is 12.0 Å². The van der Waals surface area contributed by atoms with E-state index in [9.17, 15) is 4.79 Å². The molecule has 1 saturated carbocycles. The van der Waals surface area contributed by atoms with Gasteiger partial charge >= 0.3 is 0 Å². The van der Waals surface area contributed by atoms with Crippen molar-refractivity contribution >= 4 is 40.3 Å². The Morgan fingerprint density at radius 3 is 2.33 bits per heavy atom. The van der Waals surface area contributed by atoms with Gasteiger partial charge in [-0.1, -0.05) is 55.3 Å². The normalized spacial score (nSPS) is 20.1. The summed E-state index contributed by atoms with van der Waals surface area (Å²) in [6.45, 7) is 1.79. The molecule has 0 radical (unpaired) electrons. The largest absolute Gasteiger partial charge is 0.496 e. The molecule has 2 heterocycles. The first-order valence-corrected chi connectivity index (χ1v) is 13.4. The van der Waals surface area contributed by atoms with Crippen LogP contribution in [0.25, 0.3) is 6.08 Å². The number of thioether (sulfide) groups is 1. The van der Waals surface area contributed by atoms with E-state index in [1.165, 1.54) is 22.9 Å². The first kappa shape index (κ1) is 22.9. The van der Waals surface area contributed by atoms with Crippen molar-refractivity contribution in [1.82, 2.24) is 4.90 Å². The van der Waals surface area contributed by atoms with Crippen LogP contribution in [-0.4, -0.2) is 29.1 Å². The highest BCUT2D eigenvalue weighted by molar-refractivity contribution is 8.18. The Hall–Kier alpha value is -3.51. The summed E-state index contributed by atoms with van der Waals surface area (Å²) in [5, 5.41) is 0.773. The number of carbonyl (C=O) groups is 1. The van der Waals surface area contributed by atoms with E-state index < -0.39 is 0 Å². The standard InChI is InChI=1S/C30H29N3O2S/c1-35-27-18-26(32-19-22-9-5-6-10-23(22)20-32)16-15-21(27)17-28-29(34)33(25-13-7-8-14-25)30(36-28)31-24-11-3-2-4-12-24/h2-6,9-12,15-18,25H,7-8,13-14,19-20H2,1H3. The van der Waals surface area contributed by atoms with Crippen molar-refractivity contribution in [2.24, 2.45) is 4.99 Å². The van der Waals surface area contributed by atoms with Gasteiger partial charge in [0.25, 0.3) is 5.91 Å². The molecule has 0 bridgehead atoms. The maximum absolute atomic E-state index is 13.6. The number of fused-ring (bicyclic) bond motifs is 1. The van der Waals surface area contributed by atoms with E-state index in [4.69, 9.17) is 9.73 Å². The molecule has 1 amide bonds. The molecule has 0 unspecified atom stereocenters. The Balaban J connectivity index is 1.30. The van der Waals surface area contributed by atoms with Gasteiger partial charge in [-0.25, -0.2) is 4.99 Å². The number of amides is 1. The minimum atomic E-state index is 0.0442. The lowest BCUT2D eigenvalue weighted by Crippen LogP contribution is -2.37. The molecule has 0 atom stereocenters. The molecule has 3 aromatic rings. The summed E-state index contributed by atoms with van der Waals surface area (Å²) in [5.74, 6) is 0.813. The van der Waals surface area contributed by atoms with Crippen LogP contribution >= 0.6 is 11.8 Å². The topological polar surface area (TPSA) is 45.1 Å². The fraction of sp³-hybridized carbons (Fsp3) is 0.267. The predicted molar refractivity (Wildman–Crippen MR) is 148 cm³/mol. The van der Waals surface area contributed by atoms with Gasteiger partial charge in [0.05, 0.1) is 17.7 Å². The number of aliphatic imine (C=N–C) groups is 1. The van der Waals surface area contributed by atoms with E-state index in [-0.39, 0.29) is 11.9 Å². The minimum absolute atomic E-state index is 0.0442. The number of nitrogens with zero attached hydrogens (tertiary/aromatic N) is 3. The number of methoxy groups -OCH3 is 1. The van der Waals surface area contributed by atoms with Gasteiger partial charge < -0.3 is 9.64 Å². The van der Waals surface area contributed by atoms with E-state index in [2.05, 4.69) is 47.4 Å². The monoisotopic (exact) mass is 495 g/mol. The average molecular weight is 496 g/mol. The van der Waals surface area contributed by atoms with Crippen LogP contribution in [0, 0.1) is 0 Å². The molecule has 0 N–H and O–H groups in total. The fourth-order valence-electron chi connectivity index (χ4n) is 5.33. The smallest absolute Gasteiger partial charge is 0.267 e. The quantitative estimate of drug-likeness (QED) is 0.367. The number of carbonyl (C=O) groups excluding carboxylic acids is 1. The third kappa shape index (κ3) is 4.42. The maximum Gasteiger partial charge on any atom is 0.267 e. The van der Waals surface area contributed by atoms with E-state index in [0.717, 1.165) is 66.6 Å². The number of amidine groups is 1. The maximum atomic E-state index is 13.6. The molecular formula is C30H29N3O2S. The number of anilines is 1. The number of ether oxygens (including phenoxy) is 1. The summed E-state index contributed by atoms with van der Waals surface area (Å²) in [6, 6.07) is 24.9. The van der Waals surface area contributed by atoms with E-state index >= 15 is 0 Å². The molecule has 6 heteroatoms. The van der Waals surface area contributed by atoms with Crippen LogP contribution in [0.3, 0.4) is 0 Å². The summed E-state index contributed by atoms with van der Waals surface area (Å²) >= 11 is 1.47. The van der Waals surface area contributed by atoms with Gasteiger partial charge in [0.2, 0.25) is 0 Å². The lowest BCUT2D eigenvalue weighted by Gasteiger charge is -2.22. The lowest BCUT2D eigenvalue weighted by atomic mass is 10.1. The van der Waals surface area contributed by atoms with Gasteiger partial charge in [0.15, 0.2) is 5.17 Å². The Bertz CT molecular complexity index is 1320. The summed E-state index contributed by atoms with van der Waals surface area (Å²) < 4.78 is 5.78. The zero-order chi connectivity index (χ0) is 24.5. The van der Waals surface area contributed by atoms with Gasteiger partial charge in [-0.15, -0.1) is 0 Å². The SMILES string of the molecule is COc1cc(N2Cc3ccccc3C2)ccc1C=C1SC(=Nc2ccccc2)N(C2CCCC2)C1=O. The van der Waals surface area contributed by atoms with Crippen LogP contribution in [0.4, 0.5) is 11.4 Å².